The van der Waals surface area contributed by atoms with Crippen molar-refractivity contribution in [3.63, 3.8) is 0 Å². The molecule has 0 amide bonds. The summed E-state index contributed by atoms with van der Waals surface area (Å²) in [6.45, 7) is 11.5. The van der Waals surface area contributed by atoms with Crippen LogP contribution in [0.5, 0.6) is 0 Å². The maximum Gasteiger partial charge on any atom is 0.243 e. The van der Waals surface area contributed by atoms with Gasteiger partial charge in [0.15, 0.2) is 7.05 Å². The van der Waals surface area contributed by atoms with Gasteiger partial charge in [-0.1, -0.05) is 68.8 Å². The zero-order chi connectivity index (χ0) is 23.1. The lowest BCUT2D eigenvalue weighted by Gasteiger charge is -2.39. The van der Waals surface area contributed by atoms with Crippen LogP contribution in [-0.4, -0.2) is 5.10 Å². The number of rotatable bonds is 1. The molecule has 0 unspecified atom stereocenters. The highest BCUT2D eigenvalue weighted by atomic mass is 16.3. The molecule has 0 aliphatic heterocycles. The van der Waals surface area contributed by atoms with Gasteiger partial charge in [0.05, 0.1) is 5.56 Å². The van der Waals surface area contributed by atoms with Crippen LogP contribution in [0.2, 0.25) is 0 Å². The minimum absolute atomic E-state index is 0.0850. The first-order chi connectivity index (χ1) is 15.7. The number of hydrogen-bond acceptors (Lipinski definition) is 2. The van der Waals surface area contributed by atoms with E-state index in [1.165, 1.54) is 39.4 Å². The Morgan fingerprint density at radius 3 is 2.30 bits per heavy atom. The Morgan fingerprint density at radius 1 is 0.848 bits per heavy atom. The van der Waals surface area contributed by atoms with Gasteiger partial charge in [-0.05, 0) is 64.3 Å². The average molecular weight is 436 g/mol. The van der Waals surface area contributed by atoms with Crippen LogP contribution in [0.4, 0.5) is 0 Å². The minimum Gasteiger partial charge on any atom is -0.455 e. The van der Waals surface area contributed by atoms with Gasteiger partial charge in [0.25, 0.3) is 0 Å². The summed E-state index contributed by atoms with van der Waals surface area (Å²) >= 11 is 0. The number of nitrogens with zero attached hydrogens (tertiary/aromatic N) is 2. The van der Waals surface area contributed by atoms with Crippen molar-refractivity contribution in [1.29, 1.82) is 0 Å². The largest absolute Gasteiger partial charge is 0.455 e. The Morgan fingerprint density at radius 2 is 1.55 bits per heavy atom. The molecule has 2 heterocycles. The summed E-state index contributed by atoms with van der Waals surface area (Å²) in [7, 11) is 2.07. The molecule has 0 spiro atoms. The summed E-state index contributed by atoms with van der Waals surface area (Å²) in [5.74, 6) is 0. The second kappa shape index (κ2) is 6.66. The van der Waals surface area contributed by atoms with Crippen molar-refractivity contribution in [1.82, 2.24) is 5.10 Å². The lowest BCUT2D eigenvalue weighted by molar-refractivity contribution is -0.721. The van der Waals surface area contributed by atoms with Gasteiger partial charge in [0.2, 0.25) is 5.69 Å². The summed E-state index contributed by atoms with van der Waals surface area (Å²) in [6.07, 6.45) is 2.33. The Bertz CT molecular complexity index is 1590. The molecular weight excluding hydrogens is 404 g/mol. The highest BCUT2D eigenvalue weighted by Crippen LogP contribution is 2.46. The van der Waals surface area contributed by atoms with Gasteiger partial charge in [-0.2, -0.15) is 0 Å². The smallest absolute Gasteiger partial charge is 0.243 e. The molecule has 6 rings (SSSR count). The predicted octanol–water partition coefficient (Wildman–Crippen LogP) is 7.28. The Labute approximate surface area is 195 Å². The second-order valence-corrected chi connectivity index (χ2v) is 11.1. The van der Waals surface area contributed by atoms with Crippen LogP contribution in [0.3, 0.4) is 0 Å². The lowest BCUT2D eigenvalue weighted by atomic mass is 9.65. The van der Waals surface area contributed by atoms with E-state index in [9.17, 15) is 0 Å². The summed E-state index contributed by atoms with van der Waals surface area (Å²) in [6, 6.07) is 19.7. The first-order valence-electron chi connectivity index (χ1n) is 11.9. The Hall–Kier alpha value is -3.20. The fraction of sp³-hybridized carbons (Fsp3) is 0.333. The molecule has 0 fully saturated rings. The van der Waals surface area contributed by atoms with Crippen LogP contribution >= 0.6 is 0 Å². The van der Waals surface area contributed by atoms with E-state index in [2.05, 4.69) is 101 Å². The molecular formula is C30H31N2O+. The van der Waals surface area contributed by atoms with Gasteiger partial charge in [-0.25, -0.2) is 0 Å². The molecule has 0 N–H and O–H groups in total. The molecule has 33 heavy (non-hydrogen) atoms. The summed E-state index contributed by atoms with van der Waals surface area (Å²) < 4.78 is 8.64. The monoisotopic (exact) mass is 435 g/mol. The molecule has 166 valence electrons. The number of aromatic nitrogens is 2. The van der Waals surface area contributed by atoms with Gasteiger partial charge >= 0.3 is 0 Å². The van der Waals surface area contributed by atoms with Gasteiger partial charge in [-0.3, -0.25) is 0 Å². The molecule has 0 bridgehead atoms. The Balaban J connectivity index is 1.68. The van der Waals surface area contributed by atoms with Crippen LogP contribution in [0.25, 0.3) is 44.0 Å². The van der Waals surface area contributed by atoms with E-state index in [4.69, 9.17) is 9.52 Å². The number of furan rings is 1. The fourth-order valence-corrected chi connectivity index (χ4v) is 5.63. The first kappa shape index (κ1) is 20.4. The second-order valence-electron chi connectivity index (χ2n) is 11.1. The van der Waals surface area contributed by atoms with Gasteiger partial charge in [0.1, 0.15) is 16.9 Å². The molecule has 0 saturated carbocycles. The SMILES string of the molecule is Cc1ccc2c(oc3cc4ccccc4cc32)c1-c1cc2c(n[n+]1C)C(C)(C)CCC2(C)C. The summed E-state index contributed by atoms with van der Waals surface area (Å²) in [5, 5.41) is 9.92. The third-order valence-corrected chi connectivity index (χ3v) is 7.85. The van der Waals surface area contributed by atoms with Crippen LogP contribution in [0.1, 0.15) is 57.4 Å². The Kier molecular flexibility index (Phi) is 4.12. The van der Waals surface area contributed by atoms with Crippen LogP contribution in [0.15, 0.2) is 59.0 Å². The van der Waals surface area contributed by atoms with E-state index in [1.54, 1.807) is 0 Å². The normalized spacial score (nSPS) is 17.0. The van der Waals surface area contributed by atoms with Crippen molar-refractivity contribution in [3.05, 3.63) is 71.4 Å². The fourth-order valence-electron chi connectivity index (χ4n) is 5.63. The quantitative estimate of drug-likeness (QED) is 0.259. The van der Waals surface area contributed by atoms with Crippen molar-refractivity contribution >= 4 is 32.7 Å². The molecule has 0 saturated heterocycles. The highest BCUT2D eigenvalue weighted by Gasteiger charge is 2.41. The van der Waals surface area contributed by atoms with Crippen LogP contribution < -0.4 is 4.68 Å². The zero-order valence-electron chi connectivity index (χ0n) is 20.4. The van der Waals surface area contributed by atoms with Crippen molar-refractivity contribution in [2.45, 2.75) is 58.3 Å². The van der Waals surface area contributed by atoms with Crippen molar-refractivity contribution in [2.75, 3.05) is 0 Å². The predicted molar refractivity (Wildman–Crippen MR) is 136 cm³/mol. The van der Waals surface area contributed by atoms with Crippen molar-refractivity contribution in [2.24, 2.45) is 7.05 Å². The molecule has 5 aromatic rings. The average Bonchev–Trinajstić information content (AvgIpc) is 3.13. The third-order valence-electron chi connectivity index (χ3n) is 7.85. The molecule has 3 nitrogen and oxygen atoms in total. The van der Waals surface area contributed by atoms with E-state index < -0.39 is 0 Å². The van der Waals surface area contributed by atoms with Crippen LogP contribution in [-0.2, 0) is 17.9 Å². The highest BCUT2D eigenvalue weighted by molar-refractivity contribution is 6.13. The molecule has 0 radical (unpaired) electrons. The molecule has 1 aliphatic rings. The molecule has 1 aliphatic carbocycles. The topological polar surface area (TPSA) is 29.9 Å². The van der Waals surface area contributed by atoms with E-state index in [1.807, 2.05) is 0 Å². The molecule has 2 aromatic heterocycles. The van der Waals surface area contributed by atoms with E-state index >= 15 is 0 Å². The standard InChI is InChI=1S/C30H31N2O/c1-18-11-12-21-22-15-19-9-7-8-10-20(19)16-25(22)33-27(21)26(18)24-17-23-28(31-32(24)6)30(4,5)14-13-29(23,2)3/h7-12,15-17H,13-14H2,1-6H3/q+1. The number of benzene rings is 3. The number of fused-ring (bicyclic) bond motifs is 5. The van der Waals surface area contributed by atoms with Gasteiger partial charge < -0.3 is 4.42 Å². The van der Waals surface area contributed by atoms with Gasteiger partial charge in [0, 0.05) is 22.3 Å². The molecule has 3 heteroatoms. The number of hydrogen-bond donors (Lipinski definition) is 0. The van der Waals surface area contributed by atoms with Crippen molar-refractivity contribution < 1.29 is 9.10 Å². The summed E-state index contributed by atoms with van der Waals surface area (Å²) in [4.78, 5) is 0. The lowest BCUT2D eigenvalue weighted by Crippen LogP contribution is -2.44. The summed E-state index contributed by atoms with van der Waals surface area (Å²) in [5.41, 5.74) is 8.13. The van der Waals surface area contributed by atoms with Crippen molar-refractivity contribution in [3.8, 4) is 11.3 Å². The van der Waals surface area contributed by atoms with E-state index in [0.29, 0.717) is 0 Å². The van der Waals surface area contributed by atoms with E-state index in [0.717, 1.165) is 34.2 Å². The van der Waals surface area contributed by atoms with Crippen LogP contribution in [0, 0.1) is 6.92 Å². The molecule has 3 aromatic carbocycles. The maximum absolute atomic E-state index is 6.58. The zero-order valence-corrected chi connectivity index (χ0v) is 20.4. The van der Waals surface area contributed by atoms with E-state index in [-0.39, 0.29) is 10.8 Å². The third kappa shape index (κ3) is 2.95. The van der Waals surface area contributed by atoms with Gasteiger partial charge in [-0.15, -0.1) is 0 Å². The molecule has 0 atom stereocenters. The first-order valence-corrected chi connectivity index (χ1v) is 11.9. The maximum atomic E-state index is 6.58. The number of aryl methyl sites for hydroxylation is 2. The minimum atomic E-state index is 0.0850.